The van der Waals surface area contributed by atoms with Crippen molar-refractivity contribution < 1.29 is 28.6 Å². The van der Waals surface area contributed by atoms with Crippen molar-refractivity contribution in [2.45, 2.75) is 20.8 Å². The highest BCUT2D eigenvalue weighted by Crippen LogP contribution is 2.02. The van der Waals surface area contributed by atoms with Crippen molar-refractivity contribution in [2.24, 2.45) is 0 Å². The molecule has 21 heavy (non-hydrogen) atoms. The molecule has 0 rings (SSSR count). The van der Waals surface area contributed by atoms with Crippen LogP contribution < -0.4 is 0 Å². The van der Waals surface area contributed by atoms with E-state index >= 15 is 0 Å². The Labute approximate surface area is 124 Å². The summed E-state index contributed by atoms with van der Waals surface area (Å²) in [5.74, 6) is -1.54. The Balaban J connectivity index is 4.63. The highest BCUT2D eigenvalue weighted by atomic mass is 16.5. The van der Waals surface area contributed by atoms with Crippen LogP contribution in [0.4, 0.5) is 0 Å². The summed E-state index contributed by atoms with van der Waals surface area (Å²) in [4.78, 5) is 36.0. The minimum absolute atomic E-state index is 0.0243. The highest BCUT2D eigenvalue weighted by molar-refractivity contribution is 5.88. The predicted octanol–water partition coefficient (Wildman–Crippen LogP) is 0.534. The second-order valence-corrected chi connectivity index (χ2v) is 4.08. The van der Waals surface area contributed by atoms with Gasteiger partial charge in [-0.2, -0.15) is 0 Å². The molecule has 7 nitrogen and oxygen atoms in total. The largest absolute Gasteiger partial charge is 0.465 e. The molecular weight excluding hydrogens is 278 g/mol. The van der Waals surface area contributed by atoms with E-state index in [0.717, 1.165) is 0 Å². The number of ether oxygens (including phenoxy) is 3. The number of esters is 3. The topological polar surface area (TPSA) is 82.1 Å². The first-order valence-corrected chi connectivity index (χ1v) is 6.82. The molecule has 0 atom stereocenters. The molecular formula is C14H23NO6. The third kappa shape index (κ3) is 8.80. The van der Waals surface area contributed by atoms with Gasteiger partial charge in [0, 0.05) is 12.1 Å². The van der Waals surface area contributed by atoms with Gasteiger partial charge < -0.3 is 14.2 Å². The van der Waals surface area contributed by atoms with Gasteiger partial charge in [0.25, 0.3) is 0 Å². The molecule has 0 aliphatic rings. The zero-order chi connectivity index (χ0) is 16.3. The molecule has 120 valence electrons. The number of carbonyl (C=O) groups excluding carboxylic acids is 3. The van der Waals surface area contributed by atoms with Crippen molar-refractivity contribution in [2.75, 3.05) is 39.5 Å². The Hall–Kier alpha value is -1.89. The minimum Gasteiger partial charge on any atom is -0.465 e. The van der Waals surface area contributed by atoms with Crippen molar-refractivity contribution in [3.63, 3.8) is 0 Å². The van der Waals surface area contributed by atoms with Gasteiger partial charge >= 0.3 is 17.9 Å². The van der Waals surface area contributed by atoms with E-state index < -0.39 is 17.9 Å². The van der Waals surface area contributed by atoms with Crippen LogP contribution in [0.25, 0.3) is 0 Å². The maximum atomic E-state index is 11.5. The average Bonchev–Trinajstić information content (AvgIpc) is 2.39. The molecule has 0 radical (unpaired) electrons. The molecule has 0 unspecified atom stereocenters. The third-order valence-electron chi connectivity index (χ3n) is 2.29. The van der Waals surface area contributed by atoms with Crippen molar-refractivity contribution >= 4 is 17.9 Å². The lowest BCUT2D eigenvalue weighted by atomic mass is 10.2. The highest BCUT2D eigenvalue weighted by Gasteiger charge is 2.19. The summed E-state index contributed by atoms with van der Waals surface area (Å²) in [5, 5.41) is 0. The van der Waals surface area contributed by atoms with E-state index in [9.17, 15) is 14.4 Å². The molecule has 0 N–H and O–H groups in total. The van der Waals surface area contributed by atoms with Crippen LogP contribution in [-0.4, -0.2) is 62.3 Å². The minimum atomic E-state index is -0.560. The summed E-state index contributed by atoms with van der Waals surface area (Å²) in [6.07, 6.45) is 0. The van der Waals surface area contributed by atoms with Crippen molar-refractivity contribution in [3.8, 4) is 0 Å². The standard InChI is InChI=1S/C14H23NO6/c1-5-19-12(16)9-15(10-13(17)20-6-2)8-11(4)14(18)21-7-3/h4-10H2,1-3H3. The smallest absolute Gasteiger partial charge is 0.334 e. The molecule has 0 aliphatic carbocycles. The van der Waals surface area contributed by atoms with Gasteiger partial charge in [-0.1, -0.05) is 6.58 Å². The molecule has 0 bridgehead atoms. The Bertz CT molecular complexity index is 360. The number of nitrogens with zero attached hydrogens (tertiary/aromatic N) is 1. The molecule has 0 heterocycles. The van der Waals surface area contributed by atoms with Crippen LogP contribution in [0.15, 0.2) is 12.2 Å². The zero-order valence-corrected chi connectivity index (χ0v) is 12.8. The van der Waals surface area contributed by atoms with Crippen molar-refractivity contribution in [3.05, 3.63) is 12.2 Å². The number of hydrogen-bond donors (Lipinski definition) is 0. The number of rotatable bonds is 10. The van der Waals surface area contributed by atoms with Gasteiger partial charge in [-0.25, -0.2) is 4.79 Å². The Kier molecular flexibility index (Phi) is 9.87. The van der Waals surface area contributed by atoms with E-state index in [4.69, 9.17) is 14.2 Å². The van der Waals surface area contributed by atoms with Gasteiger partial charge in [-0.3, -0.25) is 14.5 Å². The molecule has 0 spiro atoms. The lowest BCUT2D eigenvalue weighted by molar-refractivity contribution is -0.149. The fraction of sp³-hybridized carbons (Fsp3) is 0.643. The molecule has 0 saturated heterocycles. The van der Waals surface area contributed by atoms with Crippen LogP contribution in [0.3, 0.4) is 0 Å². The molecule has 0 aromatic heterocycles. The quantitative estimate of drug-likeness (QED) is 0.331. The van der Waals surface area contributed by atoms with Gasteiger partial charge in [0.2, 0.25) is 0 Å². The van der Waals surface area contributed by atoms with Gasteiger partial charge in [-0.05, 0) is 20.8 Å². The lowest BCUT2D eigenvalue weighted by Crippen LogP contribution is -2.38. The predicted molar refractivity (Wildman–Crippen MR) is 75.5 cm³/mol. The van der Waals surface area contributed by atoms with Crippen LogP contribution in [0.1, 0.15) is 20.8 Å². The zero-order valence-electron chi connectivity index (χ0n) is 12.8. The van der Waals surface area contributed by atoms with Gasteiger partial charge in [0.1, 0.15) is 0 Å². The van der Waals surface area contributed by atoms with Crippen LogP contribution >= 0.6 is 0 Å². The fourth-order valence-corrected chi connectivity index (χ4v) is 1.51. The summed E-state index contributed by atoms with van der Waals surface area (Å²) in [6.45, 7) is 9.12. The van der Waals surface area contributed by atoms with Crippen molar-refractivity contribution in [1.29, 1.82) is 0 Å². The summed E-state index contributed by atoms with van der Waals surface area (Å²) < 4.78 is 14.5. The van der Waals surface area contributed by atoms with Gasteiger partial charge in [0.05, 0.1) is 32.9 Å². The normalized spacial score (nSPS) is 10.1. The van der Waals surface area contributed by atoms with Crippen LogP contribution in [0.2, 0.25) is 0 Å². The fourth-order valence-electron chi connectivity index (χ4n) is 1.51. The third-order valence-corrected chi connectivity index (χ3v) is 2.29. The van der Waals surface area contributed by atoms with Crippen LogP contribution in [0.5, 0.6) is 0 Å². The van der Waals surface area contributed by atoms with E-state index in [1.54, 1.807) is 20.8 Å². The van der Waals surface area contributed by atoms with Crippen LogP contribution in [-0.2, 0) is 28.6 Å². The van der Waals surface area contributed by atoms with E-state index in [-0.39, 0.29) is 45.0 Å². The molecule has 0 aromatic carbocycles. The first-order chi connectivity index (χ1) is 9.94. The molecule has 7 heteroatoms. The van der Waals surface area contributed by atoms with E-state index in [1.165, 1.54) is 4.90 Å². The SMILES string of the molecule is C=C(CN(CC(=O)OCC)CC(=O)OCC)C(=O)OCC. The molecule has 0 amide bonds. The lowest BCUT2D eigenvalue weighted by Gasteiger charge is -2.20. The summed E-state index contributed by atoms with van der Waals surface area (Å²) in [7, 11) is 0. The Morgan fingerprint density at radius 1 is 0.810 bits per heavy atom. The molecule has 0 aromatic rings. The van der Waals surface area contributed by atoms with Crippen LogP contribution in [0, 0.1) is 0 Å². The first-order valence-electron chi connectivity index (χ1n) is 6.82. The maximum absolute atomic E-state index is 11.5. The van der Waals surface area contributed by atoms with E-state index in [2.05, 4.69) is 6.58 Å². The monoisotopic (exact) mass is 301 g/mol. The molecule has 0 aliphatic heterocycles. The number of hydrogen-bond acceptors (Lipinski definition) is 7. The van der Waals surface area contributed by atoms with E-state index in [0.29, 0.717) is 0 Å². The Morgan fingerprint density at radius 3 is 1.62 bits per heavy atom. The molecule has 0 fully saturated rings. The van der Waals surface area contributed by atoms with Gasteiger partial charge in [-0.15, -0.1) is 0 Å². The van der Waals surface area contributed by atoms with Gasteiger partial charge in [0.15, 0.2) is 0 Å². The average molecular weight is 301 g/mol. The summed E-state index contributed by atoms with van der Waals surface area (Å²) in [5.41, 5.74) is 0.158. The van der Waals surface area contributed by atoms with Crippen molar-refractivity contribution in [1.82, 2.24) is 4.90 Å². The second-order valence-electron chi connectivity index (χ2n) is 4.08. The van der Waals surface area contributed by atoms with E-state index in [1.807, 2.05) is 0 Å². The first kappa shape index (κ1) is 19.1. The molecule has 0 saturated carbocycles. The number of carbonyl (C=O) groups is 3. The second kappa shape index (κ2) is 10.8. The summed E-state index contributed by atoms with van der Waals surface area (Å²) >= 11 is 0. The Morgan fingerprint density at radius 2 is 1.24 bits per heavy atom. The summed E-state index contributed by atoms with van der Waals surface area (Å²) in [6, 6.07) is 0. The maximum Gasteiger partial charge on any atom is 0.334 e.